The minimum atomic E-state index is -0.404. The number of ether oxygens (including phenoxy) is 1. The number of hydrogen-bond acceptors (Lipinski definition) is 3. The van der Waals surface area contributed by atoms with Crippen LogP contribution in [-0.2, 0) is 6.61 Å². The van der Waals surface area contributed by atoms with Crippen molar-refractivity contribution >= 4 is 17.3 Å². The van der Waals surface area contributed by atoms with Crippen molar-refractivity contribution in [2.45, 2.75) is 6.61 Å². The molecule has 96 valence electrons. The zero-order valence-electron chi connectivity index (χ0n) is 9.86. The van der Waals surface area contributed by atoms with Crippen LogP contribution in [0, 0.1) is 17.1 Å². The van der Waals surface area contributed by atoms with Crippen LogP contribution in [-0.4, -0.2) is 0 Å². The van der Waals surface area contributed by atoms with Crippen LogP contribution in [0.5, 0.6) is 5.75 Å². The highest BCUT2D eigenvalue weighted by atomic mass is 35.5. The molecule has 0 saturated carbocycles. The maximum atomic E-state index is 13.5. The Hall–Kier alpha value is -2.25. The first-order valence-electron chi connectivity index (χ1n) is 5.46. The van der Waals surface area contributed by atoms with Gasteiger partial charge >= 0.3 is 0 Å². The molecule has 0 heterocycles. The predicted molar refractivity (Wildman–Crippen MR) is 71.3 cm³/mol. The summed E-state index contributed by atoms with van der Waals surface area (Å²) in [5.74, 6) is -0.0468. The Kier molecular flexibility index (Phi) is 3.88. The van der Waals surface area contributed by atoms with E-state index in [4.69, 9.17) is 27.3 Å². The molecule has 0 aliphatic heterocycles. The van der Waals surface area contributed by atoms with Gasteiger partial charge < -0.3 is 10.5 Å². The molecule has 0 amide bonds. The number of nitrogen functional groups attached to an aromatic ring is 1. The molecular formula is C14H10ClFN2O. The van der Waals surface area contributed by atoms with Crippen LogP contribution >= 0.6 is 11.6 Å². The summed E-state index contributed by atoms with van der Waals surface area (Å²) in [5, 5.41) is 9.39. The molecule has 2 N–H and O–H groups in total. The van der Waals surface area contributed by atoms with Crippen molar-refractivity contribution in [3.05, 3.63) is 58.4 Å². The molecule has 0 unspecified atom stereocenters. The first-order chi connectivity index (χ1) is 9.10. The van der Waals surface area contributed by atoms with Crippen LogP contribution in [0.25, 0.3) is 0 Å². The van der Waals surface area contributed by atoms with Crippen molar-refractivity contribution in [3.63, 3.8) is 0 Å². The summed E-state index contributed by atoms with van der Waals surface area (Å²) < 4.78 is 18.9. The Labute approximate surface area is 115 Å². The molecule has 0 aliphatic rings. The fourth-order valence-corrected chi connectivity index (χ4v) is 1.76. The first kappa shape index (κ1) is 13.2. The molecule has 19 heavy (non-hydrogen) atoms. The van der Waals surface area contributed by atoms with E-state index in [2.05, 4.69) is 0 Å². The molecule has 0 fully saturated rings. The Balaban J connectivity index is 2.19. The zero-order chi connectivity index (χ0) is 13.8. The standard InChI is InChI=1S/C14H10ClFN2O/c15-11-1-3-13(16)10(5-11)8-19-14-4-2-12(18)6-9(14)7-17/h1-6H,8,18H2. The summed E-state index contributed by atoms with van der Waals surface area (Å²) in [6.07, 6.45) is 0. The molecule has 0 spiro atoms. The van der Waals surface area contributed by atoms with Gasteiger partial charge in [-0.05, 0) is 36.4 Å². The minimum Gasteiger partial charge on any atom is -0.487 e. The lowest BCUT2D eigenvalue weighted by atomic mass is 10.2. The van der Waals surface area contributed by atoms with Crippen LogP contribution in [0.2, 0.25) is 5.02 Å². The van der Waals surface area contributed by atoms with Crippen molar-refractivity contribution in [2.75, 3.05) is 5.73 Å². The highest BCUT2D eigenvalue weighted by Crippen LogP contribution is 2.23. The van der Waals surface area contributed by atoms with Gasteiger partial charge in [-0.3, -0.25) is 0 Å². The lowest BCUT2D eigenvalue weighted by Crippen LogP contribution is -2.00. The van der Waals surface area contributed by atoms with E-state index in [0.717, 1.165) is 0 Å². The van der Waals surface area contributed by atoms with Gasteiger partial charge in [0.25, 0.3) is 0 Å². The molecule has 5 heteroatoms. The highest BCUT2D eigenvalue weighted by Gasteiger charge is 2.07. The lowest BCUT2D eigenvalue weighted by Gasteiger charge is -2.09. The molecule has 0 bridgehead atoms. The van der Waals surface area contributed by atoms with Gasteiger partial charge in [-0.2, -0.15) is 5.26 Å². The normalized spacial score (nSPS) is 9.95. The van der Waals surface area contributed by atoms with E-state index < -0.39 is 5.82 Å². The number of hydrogen-bond donors (Lipinski definition) is 1. The van der Waals surface area contributed by atoms with Gasteiger partial charge in [-0.25, -0.2) is 4.39 Å². The number of nitrogens with zero attached hydrogens (tertiary/aromatic N) is 1. The van der Waals surface area contributed by atoms with E-state index >= 15 is 0 Å². The minimum absolute atomic E-state index is 0.00894. The molecular weight excluding hydrogens is 267 g/mol. The summed E-state index contributed by atoms with van der Waals surface area (Å²) in [5.41, 5.74) is 6.68. The second-order valence-electron chi connectivity index (χ2n) is 3.89. The Morgan fingerprint density at radius 2 is 2.05 bits per heavy atom. The van der Waals surface area contributed by atoms with Gasteiger partial charge in [0, 0.05) is 16.3 Å². The lowest BCUT2D eigenvalue weighted by molar-refractivity contribution is 0.299. The zero-order valence-corrected chi connectivity index (χ0v) is 10.6. The van der Waals surface area contributed by atoms with Crippen molar-refractivity contribution in [2.24, 2.45) is 0 Å². The largest absolute Gasteiger partial charge is 0.487 e. The summed E-state index contributed by atoms with van der Waals surface area (Å²) in [7, 11) is 0. The van der Waals surface area contributed by atoms with E-state index in [1.165, 1.54) is 24.3 Å². The number of anilines is 1. The SMILES string of the molecule is N#Cc1cc(N)ccc1OCc1cc(Cl)ccc1F. The fourth-order valence-electron chi connectivity index (χ4n) is 1.57. The molecule has 0 radical (unpaired) electrons. The average Bonchev–Trinajstić information content (AvgIpc) is 2.40. The van der Waals surface area contributed by atoms with E-state index in [0.29, 0.717) is 27.6 Å². The molecule has 0 aromatic heterocycles. The number of rotatable bonds is 3. The Morgan fingerprint density at radius 3 is 2.79 bits per heavy atom. The third-order valence-electron chi connectivity index (χ3n) is 2.52. The van der Waals surface area contributed by atoms with Gasteiger partial charge in [-0.15, -0.1) is 0 Å². The predicted octanol–water partition coefficient (Wildman–Crippen LogP) is 3.51. The third-order valence-corrected chi connectivity index (χ3v) is 2.75. The van der Waals surface area contributed by atoms with E-state index in [-0.39, 0.29) is 6.61 Å². The van der Waals surface area contributed by atoms with Gasteiger partial charge in [0.15, 0.2) is 0 Å². The second kappa shape index (κ2) is 5.59. The summed E-state index contributed by atoms with van der Waals surface area (Å²) in [6, 6.07) is 10.9. The summed E-state index contributed by atoms with van der Waals surface area (Å²) in [4.78, 5) is 0. The van der Waals surface area contributed by atoms with Crippen molar-refractivity contribution < 1.29 is 9.13 Å². The quantitative estimate of drug-likeness (QED) is 0.873. The van der Waals surface area contributed by atoms with Gasteiger partial charge in [0.1, 0.15) is 24.2 Å². The molecule has 0 saturated heterocycles. The van der Waals surface area contributed by atoms with Crippen LogP contribution < -0.4 is 10.5 Å². The molecule has 0 aliphatic carbocycles. The van der Waals surface area contributed by atoms with Gasteiger partial charge in [-0.1, -0.05) is 11.6 Å². The smallest absolute Gasteiger partial charge is 0.137 e. The fraction of sp³-hybridized carbons (Fsp3) is 0.0714. The van der Waals surface area contributed by atoms with Crippen LogP contribution in [0.3, 0.4) is 0 Å². The Bertz CT molecular complexity index is 652. The number of halogens is 2. The number of benzene rings is 2. The molecule has 2 aromatic carbocycles. The van der Waals surface area contributed by atoms with Crippen LogP contribution in [0.4, 0.5) is 10.1 Å². The van der Waals surface area contributed by atoms with Crippen molar-refractivity contribution in [1.29, 1.82) is 5.26 Å². The second-order valence-corrected chi connectivity index (χ2v) is 4.33. The topological polar surface area (TPSA) is 59.0 Å². The average molecular weight is 277 g/mol. The number of nitrogens with two attached hydrogens (primary N) is 1. The molecule has 0 atom stereocenters. The van der Waals surface area contributed by atoms with Crippen LogP contribution in [0.15, 0.2) is 36.4 Å². The highest BCUT2D eigenvalue weighted by molar-refractivity contribution is 6.30. The first-order valence-corrected chi connectivity index (χ1v) is 5.84. The number of nitriles is 1. The van der Waals surface area contributed by atoms with E-state index in [9.17, 15) is 4.39 Å². The monoisotopic (exact) mass is 276 g/mol. The molecule has 3 nitrogen and oxygen atoms in total. The van der Waals surface area contributed by atoms with Gasteiger partial charge in [0.2, 0.25) is 0 Å². The third kappa shape index (κ3) is 3.15. The molecule has 2 aromatic rings. The molecule has 2 rings (SSSR count). The van der Waals surface area contributed by atoms with Crippen molar-refractivity contribution in [1.82, 2.24) is 0 Å². The maximum Gasteiger partial charge on any atom is 0.137 e. The van der Waals surface area contributed by atoms with Crippen molar-refractivity contribution in [3.8, 4) is 11.8 Å². The van der Waals surface area contributed by atoms with E-state index in [1.54, 1.807) is 12.1 Å². The summed E-state index contributed by atoms with van der Waals surface area (Å²) in [6.45, 7) is -0.00894. The van der Waals surface area contributed by atoms with Crippen LogP contribution in [0.1, 0.15) is 11.1 Å². The van der Waals surface area contributed by atoms with Gasteiger partial charge in [0.05, 0.1) is 5.56 Å². The van der Waals surface area contributed by atoms with E-state index in [1.807, 2.05) is 6.07 Å². The summed E-state index contributed by atoms with van der Waals surface area (Å²) >= 11 is 5.79. The maximum absolute atomic E-state index is 13.5. The Morgan fingerprint density at radius 1 is 1.26 bits per heavy atom.